The van der Waals surface area contributed by atoms with Crippen molar-refractivity contribution in [1.29, 1.82) is 0 Å². The standard InChI is InChI=1S/C19H24N2O3S2/c22-19(12-25-15-7-10-26(23,24)13-15)21-8-5-14(6-9-21)17-11-20-18-4-2-1-3-16(17)18/h1-4,11,14-15,20H,5-10,12-13H2. The van der Waals surface area contributed by atoms with E-state index in [2.05, 4.69) is 29.4 Å². The van der Waals surface area contributed by atoms with E-state index in [1.807, 2.05) is 11.0 Å². The fourth-order valence-corrected chi connectivity index (χ4v) is 7.59. The number of thioether (sulfide) groups is 1. The third-order valence-electron chi connectivity index (χ3n) is 5.54. The predicted molar refractivity (Wildman–Crippen MR) is 106 cm³/mol. The van der Waals surface area contributed by atoms with Crippen LogP contribution in [0.3, 0.4) is 0 Å². The Morgan fingerprint density at radius 2 is 1.96 bits per heavy atom. The lowest BCUT2D eigenvalue weighted by Gasteiger charge is -2.32. The van der Waals surface area contributed by atoms with E-state index in [1.54, 1.807) is 0 Å². The van der Waals surface area contributed by atoms with Crippen LogP contribution in [0.2, 0.25) is 0 Å². The summed E-state index contributed by atoms with van der Waals surface area (Å²) in [5, 5.41) is 1.38. The second-order valence-corrected chi connectivity index (χ2v) is 10.8. The highest BCUT2D eigenvalue weighted by molar-refractivity contribution is 8.02. The lowest BCUT2D eigenvalue weighted by atomic mass is 9.89. The number of sulfone groups is 1. The number of piperidine rings is 1. The number of rotatable bonds is 4. The third-order valence-corrected chi connectivity index (χ3v) is 8.81. The van der Waals surface area contributed by atoms with Crippen LogP contribution >= 0.6 is 11.8 Å². The molecule has 0 spiro atoms. The summed E-state index contributed by atoms with van der Waals surface area (Å²) >= 11 is 1.51. The van der Waals surface area contributed by atoms with Crippen LogP contribution in [0, 0.1) is 0 Å². The van der Waals surface area contributed by atoms with Gasteiger partial charge in [-0.2, -0.15) is 0 Å². The molecule has 7 heteroatoms. The van der Waals surface area contributed by atoms with Crippen molar-refractivity contribution in [3.8, 4) is 0 Å². The van der Waals surface area contributed by atoms with Crippen molar-refractivity contribution >= 4 is 38.4 Å². The first kappa shape index (κ1) is 17.9. The van der Waals surface area contributed by atoms with Gasteiger partial charge < -0.3 is 9.88 Å². The molecule has 2 fully saturated rings. The van der Waals surface area contributed by atoms with Gasteiger partial charge in [0.15, 0.2) is 9.84 Å². The molecule has 2 aliphatic heterocycles. The molecule has 140 valence electrons. The van der Waals surface area contributed by atoms with Crippen molar-refractivity contribution in [3.05, 3.63) is 36.0 Å². The van der Waals surface area contributed by atoms with Gasteiger partial charge in [0, 0.05) is 35.4 Å². The van der Waals surface area contributed by atoms with E-state index in [4.69, 9.17) is 0 Å². The van der Waals surface area contributed by atoms with Gasteiger partial charge in [0.25, 0.3) is 0 Å². The van der Waals surface area contributed by atoms with Gasteiger partial charge in [0.2, 0.25) is 5.91 Å². The Kier molecular flexibility index (Phi) is 5.01. The van der Waals surface area contributed by atoms with Crippen LogP contribution in [0.15, 0.2) is 30.5 Å². The second-order valence-electron chi connectivity index (χ2n) is 7.28. The monoisotopic (exact) mass is 392 g/mol. The van der Waals surface area contributed by atoms with Crippen LogP contribution in [-0.2, 0) is 14.6 Å². The number of carbonyl (C=O) groups excluding carboxylic acids is 1. The average molecular weight is 393 g/mol. The number of nitrogens with one attached hydrogen (secondary N) is 1. The first-order valence-corrected chi connectivity index (χ1v) is 12.0. The Balaban J connectivity index is 1.30. The van der Waals surface area contributed by atoms with E-state index >= 15 is 0 Å². The van der Waals surface area contributed by atoms with Gasteiger partial charge in [-0.1, -0.05) is 18.2 Å². The largest absolute Gasteiger partial charge is 0.361 e. The summed E-state index contributed by atoms with van der Waals surface area (Å²) < 4.78 is 23.0. The number of H-pyrrole nitrogens is 1. The van der Waals surface area contributed by atoms with Crippen molar-refractivity contribution in [2.24, 2.45) is 0 Å². The normalized spacial score (nSPS) is 23.5. The number of fused-ring (bicyclic) bond motifs is 1. The van der Waals surface area contributed by atoms with Crippen molar-refractivity contribution < 1.29 is 13.2 Å². The number of hydrogen-bond donors (Lipinski definition) is 1. The summed E-state index contributed by atoms with van der Waals surface area (Å²) in [5.74, 6) is 1.54. The summed E-state index contributed by atoms with van der Waals surface area (Å²) in [5.41, 5.74) is 2.53. The van der Waals surface area contributed by atoms with Crippen LogP contribution < -0.4 is 0 Å². The topological polar surface area (TPSA) is 70.2 Å². The Bertz CT molecular complexity index is 898. The van der Waals surface area contributed by atoms with Crippen LogP contribution in [0.25, 0.3) is 10.9 Å². The maximum Gasteiger partial charge on any atom is 0.232 e. The van der Waals surface area contributed by atoms with Gasteiger partial charge >= 0.3 is 0 Å². The highest BCUT2D eigenvalue weighted by Crippen LogP contribution is 2.33. The SMILES string of the molecule is O=C(CSC1CCS(=O)(=O)C1)N1CCC(c2c[nH]c3ccccc23)CC1. The van der Waals surface area contributed by atoms with Crippen LogP contribution in [-0.4, -0.2) is 59.8 Å². The fraction of sp³-hybridized carbons (Fsp3) is 0.526. The molecule has 1 amide bonds. The van der Waals surface area contributed by atoms with Gasteiger partial charge in [0.1, 0.15) is 0 Å². The van der Waals surface area contributed by atoms with Crippen LogP contribution in [0.1, 0.15) is 30.7 Å². The molecule has 3 heterocycles. The number of para-hydroxylation sites is 1. The van der Waals surface area contributed by atoms with Crippen molar-refractivity contribution in [2.45, 2.75) is 30.4 Å². The summed E-state index contributed by atoms with van der Waals surface area (Å²) in [6.07, 6.45) is 4.76. The van der Waals surface area contributed by atoms with Crippen LogP contribution in [0.4, 0.5) is 0 Å². The molecule has 1 unspecified atom stereocenters. The van der Waals surface area contributed by atoms with Gasteiger partial charge in [-0.15, -0.1) is 11.8 Å². The summed E-state index contributed by atoms with van der Waals surface area (Å²) in [7, 11) is -2.87. The van der Waals surface area contributed by atoms with E-state index in [0.29, 0.717) is 18.1 Å². The molecule has 26 heavy (non-hydrogen) atoms. The first-order chi connectivity index (χ1) is 12.5. The number of aromatic nitrogens is 1. The van der Waals surface area contributed by atoms with Crippen molar-refractivity contribution in [3.63, 3.8) is 0 Å². The molecule has 2 aliphatic rings. The average Bonchev–Trinajstić information content (AvgIpc) is 3.23. The molecule has 1 aromatic carbocycles. The van der Waals surface area contributed by atoms with E-state index < -0.39 is 9.84 Å². The van der Waals surface area contributed by atoms with E-state index in [9.17, 15) is 13.2 Å². The van der Waals surface area contributed by atoms with Gasteiger partial charge in [-0.3, -0.25) is 4.79 Å². The van der Waals surface area contributed by atoms with Crippen molar-refractivity contribution in [2.75, 3.05) is 30.3 Å². The second kappa shape index (κ2) is 7.27. The maximum absolute atomic E-state index is 12.5. The van der Waals surface area contributed by atoms with Crippen LogP contribution in [0.5, 0.6) is 0 Å². The quantitative estimate of drug-likeness (QED) is 0.869. The molecule has 5 nitrogen and oxygen atoms in total. The number of carbonyl (C=O) groups is 1. The zero-order chi connectivity index (χ0) is 18.1. The molecule has 1 N–H and O–H groups in total. The summed E-state index contributed by atoms with van der Waals surface area (Å²) in [4.78, 5) is 17.8. The summed E-state index contributed by atoms with van der Waals surface area (Å²) in [6.45, 7) is 1.57. The lowest BCUT2D eigenvalue weighted by molar-refractivity contribution is -0.129. The molecule has 0 bridgehead atoms. The van der Waals surface area contributed by atoms with Gasteiger partial charge in [-0.25, -0.2) is 8.42 Å². The number of hydrogen-bond acceptors (Lipinski definition) is 4. The minimum absolute atomic E-state index is 0.0905. The number of aromatic amines is 1. The Morgan fingerprint density at radius 3 is 2.69 bits per heavy atom. The minimum Gasteiger partial charge on any atom is -0.361 e. The summed E-state index contributed by atoms with van der Waals surface area (Å²) in [6, 6.07) is 8.36. The molecule has 1 aromatic heterocycles. The number of nitrogens with zero attached hydrogens (tertiary/aromatic N) is 1. The van der Waals surface area contributed by atoms with Gasteiger partial charge in [0.05, 0.1) is 17.3 Å². The molecule has 2 saturated heterocycles. The molecule has 2 aromatic rings. The number of likely N-dealkylation sites (tertiary alicyclic amines) is 1. The molecule has 4 rings (SSSR count). The molecule has 0 radical (unpaired) electrons. The van der Waals surface area contributed by atoms with E-state index in [0.717, 1.165) is 25.9 Å². The Labute approximate surface area is 158 Å². The first-order valence-electron chi connectivity index (χ1n) is 9.18. The van der Waals surface area contributed by atoms with Crippen molar-refractivity contribution in [1.82, 2.24) is 9.88 Å². The number of amides is 1. The fourth-order valence-electron chi connectivity index (χ4n) is 4.04. The molecule has 1 atom stereocenters. The van der Waals surface area contributed by atoms with E-state index in [1.165, 1.54) is 28.2 Å². The molecular formula is C19H24N2O3S2. The maximum atomic E-state index is 12.5. The highest BCUT2D eigenvalue weighted by atomic mass is 32.2. The zero-order valence-electron chi connectivity index (χ0n) is 14.7. The smallest absolute Gasteiger partial charge is 0.232 e. The molecular weight excluding hydrogens is 368 g/mol. The minimum atomic E-state index is -2.87. The third kappa shape index (κ3) is 3.78. The van der Waals surface area contributed by atoms with Gasteiger partial charge in [-0.05, 0) is 36.8 Å². The molecule has 0 aliphatic carbocycles. The number of benzene rings is 1. The predicted octanol–water partition coefficient (Wildman–Crippen LogP) is 2.79. The molecule has 0 saturated carbocycles. The van der Waals surface area contributed by atoms with E-state index in [-0.39, 0.29) is 22.7 Å². The zero-order valence-corrected chi connectivity index (χ0v) is 16.3. The highest BCUT2D eigenvalue weighted by Gasteiger charge is 2.30. The Morgan fingerprint density at radius 1 is 1.19 bits per heavy atom. The Hall–Kier alpha value is -1.47. The lowest BCUT2D eigenvalue weighted by Crippen LogP contribution is -2.39.